The van der Waals surface area contributed by atoms with Gasteiger partial charge in [-0.25, -0.2) is 4.39 Å². The van der Waals surface area contributed by atoms with Crippen molar-refractivity contribution in [1.29, 1.82) is 0 Å². The van der Waals surface area contributed by atoms with Crippen LogP contribution in [0, 0.1) is 19.7 Å². The van der Waals surface area contributed by atoms with E-state index in [4.69, 9.17) is 9.63 Å². The van der Waals surface area contributed by atoms with E-state index in [2.05, 4.69) is 10.5 Å². The van der Waals surface area contributed by atoms with Crippen molar-refractivity contribution >= 4 is 11.8 Å². The number of aromatic hydroxyl groups is 1. The van der Waals surface area contributed by atoms with Gasteiger partial charge in [0.15, 0.2) is 0 Å². The zero-order valence-corrected chi connectivity index (χ0v) is 9.82. The minimum atomic E-state index is -0.804. The first-order valence-corrected chi connectivity index (χ1v) is 5.22. The van der Waals surface area contributed by atoms with Gasteiger partial charge in [0, 0.05) is 11.6 Å². The van der Waals surface area contributed by atoms with Crippen molar-refractivity contribution in [3.05, 3.63) is 40.8 Å². The molecule has 0 radical (unpaired) electrons. The number of nitrogens with one attached hydrogen (secondary N) is 1. The fraction of sp³-hybridized carbons (Fsp3) is 0.167. The molecule has 5 nitrogen and oxygen atoms in total. The van der Waals surface area contributed by atoms with Gasteiger partial charge in [-0.1, -0.05) is 5.16 Å². The summed E-state index contributed by atoms with van der Waals surface area (Å²) in [6, 6.07) is 3.29. The third-order valence-electron chi connectivity index (χ3n) is 2.58. The van der Waals surface area contributed by atoms with Crippen molar-refractivity contribution < 1.29 is 18.8 Å². The lowest BCUT2D eigenvalue weighted by Gasteiger charge is -2.04. The van der Waals surface area contributed by atoms with Gasteiger partial charge < -0.3 is 9.63 Å². The van der Waals surface area contributed by atoms with Gasteiger partial charge >= 0.3 is 0 Å². The molecule has 1 aromatic carbocycles. The lowest BCUT2D eigenvalue weighted by molar-refractivity contribution is 0.102. The Labute approximate surface area is 102 Å². The number of phenols is 1. The topological polar surface area (TPSA) is 75.4 Å². The molecule has 0 spiro atoms. The van der Waals surface area contributed by atoms with Gasteiger partial charge in [0.25, 0.3) is 5.91 Å². The second-order valence-corrected chi connectivity index (χ2v) is 3.84. The van der Waals surface area contributed by atoms with Gasteiger partial charge in [-0.15, -0.1) is 0 Å². The minimum absolute atomic E-state index is 0.179. The van der Waals surface area contributed by atoms with Crippen LogP contribution < -0.4 is 5.32 Å². The first-order valence-electron chi connectivity index (χ1n) is 5.22. The molecule has 0 saturated carbocycles. The van der Waals surface area contributed by atoms with Crippen molar-refractivity contribution in [1.82, 2.24) is 5.16 Å². The number of hydrogen-bond acceptors (Lipinski definition) is 4. The Kier molecular flexibility index (Phi) is 3.01. The average molecular weight is 250 g/mol. The van der Waals surface area contributed by atoms with E-state index in [1.54, 1.807) is 13.8 Å². The minimum Gasteiger partial charge on any atom is -0.508 e. The summed E-state index contributed by atoms with van der Waals surface area (Å²) in [5.74, 6) is -1.52. The molecule has 0 aliphatic rings. The predicted octanol–water partition coefficient (Wildman–Crippen LogP) is 2.39. The summed E-state index contributed by atoms with van der Waals surface area (Å²) in [5, 5.41) is 15.2. The highest BCUT2D eigenvalue weighted by Gasteiger charge is 2.16. The molecule has 0 aliphatic carbocycles. The number of hydrogen-bond donors (Lipinski definition) is 2. The molecule has 2 aromatic rings. The van der Waals surface area contributed by atoms with Gasteiger partial charge in [-0.3, -0.25) is 10.1 Å². The summed E-state index contributed by atoms with van der Waals surface area (Å²) in [6.45, 7) is 3.46. The summed E-state index contributed by atoms with van der Waals surface area (Å²) in [4.78, 5) is 11.8. The summed E-state index contributed by atoms with van der Waals surface area (Å²) < 4.78 is 18.3. The van der Waals surface area contributed by atoms with Gasteiger partial charge in [0.05, 0.1) is 11.3 Å². The third-order valence-corrected chi connectivity index (χ3v) is 2.58. The molecule has 0 aliphatic heterocycles. The molecule has 6 heteroatoms. The lowest BCUT2D eigenvalue weighted by Crippen LogP contribution is -2.13. The fourth-order valence-electron chi connectivity index (χ4n) is 1.39. The Balaban J connectivity index is 2.25. The van der Waals surface area contributed by atoms with Crippen LogP contribution in [0.2, 0.25) is 0 Å². The molecule has 0 unspecified atom stereocenters. The molecular weight excluding hydrogens is 239 g/mol. The maximum atomic E-state index is 13.4. The van der Waals surface area contributed by atoms with Crippen LogP contribution in [0.3, 0.4) is 0 Å². The van der Waals surface area contributed by atoms with Crippen LogP contribution in [0.4, 0.5) is 10.3 Å². The van der Waals surface area contributed by atoms with Crippen LogP contribution in [0.25, 0.3) is 0 Å². The molecule has 1 aromatic heterocycles. The molecule has 2 rings (SSSR count). The van der Waals surface area contributed by atoms with E-state index in [-0.39, 0.29) is 17.2 Å². The summed E-state index contributed by atoms with van der Waals surface area (Å²) in [6.07, 6.45) is 0. The zero-order valence-electron chi connectivity index (χ0n) is 9.82. The Hall–Kier alpha value is -2.37. The number of aromatic nitrogens is 1. The standard InChI is InChI=1S/C12H11FN2O3/c1-6-7(2)15-18-12(6)14-11(17)9-4-3-8(16)5-10(9)13/h3-5,16H,1-2H3,(H,14,17). The Bertz CT molecular complexity index is 607. The number of halogens is 1. The van der Waals surface area contributed by atoms with Crippen LogP contribution in [-0.2, 0) is 0 Å². The number of rotatable bonds is 2. The second kappa shape index (κ2) is 4.48. The van der Waals surface area contributed by atoms with Gasteiger partial charge in [-0.2, -0.15) is 0 Å². The Morgan fingerprint density at radius 3 is 2.72 bits per heavy atom. The number of nitrogens with zero attached hydrogens (tertiary/aromatic N) is 1. The second-order valence-electron chi connectivity index (χ2n) is 3.84. The quantitative estimate of drug-likeness (QED) is 0.858. The van der Waals surface area contributed by atoms with Crippen molar-refractivity contribution in [2.24, 2.45) is 0 Å². The zero-order chi connectivity index (χ0) is 13.3. The van der Waals surface area contributed by atoms with Crippen molar-refractivity contribution in [2.75, 3.05) is 5.32 Å². The average Bonchev–Trinajstić information content (AvgIpc) is 2.61. The Morgan fingerprint density at radius 2 is 2.17 bits per heavy atom. The normalized spacial score (nSPS) is 10.4. The summed E-state index contributed by atoms with van der Waals surface area (Å²) in [7, 11) is 0. The monoisotopic (exact) mass is 250 g/mol. The van der Waals surface area contributed by atoms with E-state index in [9.17, 15) is 9.18 Å². The number of amides is 1. The number of carbonyl (C=O) groups excluding carboxylic acids is 1. The van der Waals surface area contributed by atoms with E-state index in [0.717, 1.165) is 6.07 Å². The SMILES string of the molecule is Cc1noc(NC(=O)c2ccc(O)cc2F)c1C. The molecule has 0 atom stereocenters. The summed E-state index contributed by atoms with van der Waals surface area (Å²) in [5.41, 5.74) is 1.15. The molecule has 2 N–H and O–H groups in total. The van der Waals surface area contributed by atoms with Gasteiger partial charge in [0.2, 0.25) is 5.88 Å². The van der Waals surface area contributed by atoms with E-state index < -0.39 is 11.7 Å². The summed E-state index contributed by atoms with van der Waals surface area (Å²) >= 11 is 0. The van der Waals surface area contributed by atoms with Crippen molar-refractivity contribution in [3.8, 4) is 5.75 Å². The fourth-order valence-corrected chi connectivity index (χ4v) is 1.39. The Morgan fingerprint density at radius 1 is 1.44 bits per heavy atom. The van der Waals surface area contributed by atoms with Crippen molar-refractivity contribution in [3.63, 3.8) is 0 Å². The molecule has 0 saturated heterocycles. The van der Waals surface area contributed by atoms with E-state index >= 15 is 0 Å². The lowest BCUT2D eigenvalue weighted by atomic mass is 10.2. The maximum absolute atomic E-state index is 13.4. The van der Waals surface area contributed by atoms with Crippen LogP contribution in [0.1, 0.15) is 21.6 Å². The molecule has 18 heavy (non-hydrogen) atoms. The first-order chi connectivity index (χ1) is 8.49. The highest BCUT2D eigenvalue weighted by molar-refractivity contribution is 6.04. The molecule has 1 amide bonds. The van der Waals surface area contributed by atoms with Crippen LogP contribution >= 0.6 is 0 Å². The number of benzene rings is 1. The van der Waals surface area contributed by atoms with Gasteiger partial charge in [0.1, 0.15) is 11.6 Å². The molecule has 0 fully saturated rings. The predicted molar refractivity (Wildman–Crippen MR) is 62.0 cm³/mol. The van der Waals surface area contributed by atoms with E-state index in [1.165, 1.54) is 12.1 Å². The highest BCUT2D eigenvalue weighted by atomic mass is 19.1. The van der Waals surface area contributed by atoms with Gasteiger partial charge in [-0.05, 0) is 26.0 Å². The van der Waals surface area contributed by atoms with E-state index in [1.807, 2.05) is 0 Å². The van der Waals surface area contributed by atoms with Crippen LogP contribution in [-0.4, -0.2) is 16.2 Å². The number of anilines is 1. The molecular formula is C12H11FN2O3. The van der Waals surface area contributed by atoms with Crippen LogP contribution in [0.15, 0.2) is 22.7 Å². The van der Waals surface area contributed by atoms with E-state index in [0.29, 0.717) is 11.3 Å². The molecule has 1 heterocycles. The van der Waals surface area contributed by atoms with Crippen molar-refractivity contribution in [2.45, 2.75) is 13.8 Å². The largest absolute Gasteiger partial charge is 0.508 e. The van der Waals surface area contributed by atoms with Crippen LogP contribution in [0.5, 0.6) is 5.75 Å². The number of carbonyl (C=O) groups is 1. The third kappa shape index (κ3) is 2.17. The number of aryl methyl sites for hydroxylation is 1. The smallest absolute Gasteiger partial charge is 0.261 e. The highest BCUT2D eigenvalue weighted by Crippen LogP contribution is 2.20. The number of phenolic OH excluding ortho intramolecular Hbond substituents is 1. The first kappa shape index (κ1) is 12.1. The molecule has 0 bridgehead atoms. The maximum Gasteiger partial charge on any atom is 0.261 e. The molecule has 94 valence electrons.